The highest BCUT2D eigenvalue weighted by Crippen LogP contribution is 2.48. The summed E-state index contributed by atoms with van der Waals surface area (Å²) in [5.74, 6) is -0.150. The monoisotopic (exact) mass is 573 g/mol. The van der Waals surface area contributed by atoms with E-state index in [-0.39, 0.29) is 54.4 Å². The van der Waals surface area contributed by atoms with Crippen LogP contribution in [-0.4, -0.2) is 82.4 Å². The first-order valence-electron chi connectivity index (χ1n) is 14.8. The molecule has 41 heavy (non-hydrogen) atoms. The maximum Gasteiger partial charge on any atom is 0.416 e. The molecule has 3 heterocycles. The van der Waals surface area contributed by atoms with Gasteiger partial charge in [0.2, 0.25) is 5.91 Å². The first-order chi connectivity index (χ1) is 19.7. The lowest BCUT2D eigenvalue weighted by Gasteiger charge is -2.34. The van der Waals surface area contributed by atoms with E-state index in [0.717, 1.165) is 69.9 Å². The number of aliphatic hydroxyl groups is 1. The van der Waals surface area contributed by atoms with Crippen molar-refractivity contribution in [2.75, 3.05) is 45.9 Å². The fraction of sp³-hybridized carbons (Fsp3) is 0.633. The Hall–Kier alpha value is -2.92. The molecule has 1 atom stereocenters. The van der Waals surface area contributed by atoms with Gasteiger partial charge in [-0.1, -0.05) is 18.2 Å². The van der Waals surface area contributed by atoms with Gasteiger partial charge in [-0.05, 0) is 56.6 Å². The molecule has 2 saturated heterocycles. The van der Waals surface area contributed by atoms with Crippen molar-refractivity contribution < 1.29 is 27.9 Å². The second-order valence-corrected chi connectivity index (χ2v) is 12.3. The zero-order chi connectivity index (χ0) is 28.8. The third kappa shape index (κ3) is 5.75. The molecule has 4 aliphatic rings. The predicted octanol–water partition coefficient (Wildman–Crippen LogP) is 3.93. The number of hydrogen-bond acceptors (Lipinski definition) is 5. The van der Waals surface area contributed by atoms with Gasteiger partial charge in [0.15, 0.2) is 0 Å². The van der Waals surface area contributed by atoms with Gasteiger partial charge in [0, 0.05) is 51.1 Å². The molecular weight excluding hydrogens is 535 g/mol. The van der Waals surface area contributed by atoms with Crippen LogP contribution in [-0.2, 0) is 11.0 Å². The highest BCUT2D eigenvalue weighted by atomic mass is 19.4. The molecule has 4 fully saturated rings. The second kappa shape index (κ2) is 11.1. The molecule has 222 valence electrons. The number of rotatable bonds is 9. The van der Waals surface area contributed by atoms with Gasteiger partial charge in [-0.15, -0.1) is 0 Å². The standard InChI is InChI=1S/C30H38F3N5O3/c31-30(32,33)25-4-2-1-3-23(25)21-7-15-37(18-21)27(40)24-17-35-38(26(24)20-5-6-20)22-8-13-36(14-9-22)19-29(10-11-29)28(41)34-12-16-39/h1-4,17,20-22,39H,5-16,18-19H2,(H,34,41)/t21-/m1/s1. The molecule has 0 spiro atoms. The number of nitrogens with zero attached hydrogens (tertiary/aromatic N) is 4. The zero-order valence-electron chi connectivity index (χ0n) is 23.2. The van der Waals surface area contributed by atoms with Crippen molar-refractivity contribution >= 4 is 11.8 Å². The van der Waals surface area contributed by atoms with Crippen molar-refractivity contribution in [3.05, 3.63) is 52.8 Å². The maximum absolute atomic E-state index is 13.7. The number of hydrogen-bond donors (Lipinski definition) is 2. The molecule has 2 amide bonds. The van der Waals surface area contributed by atoms with Crippen LogP contribution < -0.4 is 5.32 Å². The number of aromatic nitrogens is 2. The molecule has 0 bridgehead atoms. The lowest BCUT2D eigenvalue weighted by molar-refractivity contribution is -0.138. The summed E-state index contributed by atoms with van der Waals surface area (Å²) >= 11 is 0. The molecule has 11 heteroatoms. The lowest BCUT2D eigenvalue weighted by Crippen LogP contribution is -2.44. The zero-order valence-corrected chi connectivity index (χ0v) is 23.2. The summed E-state index contributed by atoms with van der Waals surface area (Å²) in [6.07, 6.45) is 3.28. The van der Waals surface area contributed by atoms with Crippen molar-refractivity contribution in [2.24, 2.45) is 5.41 Å². The first-order valence-corrected chi connectivity index (χ1v) is 14.8. The van der Waals surface area contributed by atoms with Crippen molar-refractivity contribution in [2.45, 2.75) is 69.0 Å². The van der Waals surface area contributed by atoms with Crippen LogP contribution in [0.2, 0.25) is 0 Å². The van der Waals surface area contributed by atoms with Crippen LogP contribution in [0.25, 0.3) is 0 Å². The van der Waals surface area contributed by atoms with Crippen molar-refractivity contribution in [3.8, 4) is 0 Å². The summed E-state index contributed by atoms with van der Waals surface area (Å²) in [5.41, 5.74) is 0.891. The van der Waals surface area contributed by atoms with Crippen LogP contribution in [0.3, 0.4) is 0 Å². The van der Waals surface area contributed by atoms with Gasteiger partial charge in [0.1, 0.15) is 0 Å². The Morgan fingerprint density at radius 3 is 2.41 bits per heavy atom. The smallest absolute Gasteiger partial charge is 0.395 e. The molecule has 6 rings (SSSR count). The summed E-state index contributed by atoms with van der Waals surface area (Å²) < 4.78 is 42.9. The highest BCUT2D eigenvalue weighted by molar-refractivity contribution is 5.95. The normalized spacial score (nSPS) is 23.1. The van der Waals surface area contributed by atoms with Gasteiger partial charge < -0.3 is 20.2 Å². The molecule has 1 aromatic heterocycles. The van der Waals surface area contributed by atoms with Crippen molar-refractivity contribution in [3.63, 3.8) is 0 Å². The van der Waals surface area contributed by atoms with Gasteiger partial charge in [0.25, 0.3) is 5.91 Å². The molecule has 8 nitrogen and oxygen atoms in total. The van der Waals surface area contributed by atoms with Crippen LogP contribution in [0, 0.1) is 5.41 Å². The lowest BCUT2D eigenvalue weighted by atomic mass is 9.93. The van der Waals surface area contributed by atoms with Gasteiger partial charge in [-0.3, -0.25) is 14.3 Å². The Morgan fingerprint density at radius 1 is 1.02 bits per heavy atom. The van der Waals surface area contributed by atoms with Crippen molar-refractivity contribution in [1.29, 1.82) is 0 Å². The fourth-order valence-corrected chi connectivity index (χ4v) is 6.79. The van der Waals surface area contributed by atoms with E-state index in [9.17, 15) is 22.8 Å². The highest BCUT2D eigenvalue weighted by Gasteiger charge is 2.51. The van der Waals surface area contributed by atoms with E-state index in [1.165, 1.54) is 12.1 Å². The molecule has 1 aromatic carbocycles. The van der Waals surface area contributed by atoms with Crippen LogP contribution in [0.15, 0.2) is 30.5 Å². The minimum absolute atomic E-state index is 0.0333. The molecule has 2 aliphatic heterocycles. The van der Waals surface area contributed by atoms with E-state index in [1.54, 1.807) is 17.2 Å². The molecule has 0 radical (unpaired) electrons. The summed E-state index contributed by atoms with van der Waals surface area (Å²) in [7, 11) is 0. The number of carbonyl (C=O) groups excluding carboxylic acids is 2. The number of likely N-dealkylation sites (tertiary alicyclic amines) is 2. The van der Waals surface area contributed by atoms with E-state index in [0.29, 0.717) is 24.4 Å². The minimum atomic E-state index is -4.42. The number of carbonyl (C=O) groups is 2. The van der Waals surface area contributed by atoms with Crippen LogP contribution in [0.5, 0.6) is 0 Å². The third-order valence-corrected chi connectivity index (χ3v) is 9.37. The van der Waals surface area contributed by atoms with E-state index in [2.05, 4.69) is 14.9 Å². The number of aliphatic hydroxyl groups excluding tert-OH is 1. The molecule has 0 unspecified atom stereocenters. The Balaban J connectivity index is 1.11. The Bertz CT molecular complexity index is 1280. The first kappa shape index (κ1) is 28.2. The quantitative estimate of drug-likeness (QED) is 0.475. The minimum Gasteiger partial charge on any atom is -0.395 e. The van der Waals surface area contributed by atoms with Gasteiger partial charge in [0.05, 0.1) is 41.1 Å². The Labute approximate surface area is 237 Å². The van der Waals surface area contributed by atoms with Crippen molar-refractivity contribution in [1.82, 2.24) is 24.9 Å². The van der Waals surface area contributed by atoms with E-state index < -0.39 is 11.7 Å². The summed E-state index contributed by atoms with van der Waals surface area (Å²) in [4.78, 5) is 30.3. The average molecular weight is 574 g/mol. The van der Waals surface area contributed by atoms with E-state index in [4.69, 9.17) is 10.2 Å². The fourth-order valence-electron chi connectivity index (χ4n) is 6.79. The van der Waals surface area contributed by atoms with E-state index in [1.807, 2.05) is 0 Å². The second-order valence-electron chi connectivity index (χ2n) is 12.3. The van der Waals surface area contributed by atoms with Gasteiger partial charge in [-0.2, -0.15) is 18.3 Å². The number of nitrogens with one attached hydrogen (secondary N) is 1. The summed E-state index contributed by atoms with van der Waals surface area (Å²) in [5, 5.41) is 16.6. The largest absolute Gasteiger partial charge is 0.416 e. The van der Waals surface area contributed by atoms with Gasteiger partial charge in [-0.25, -0.2) is 0 Å². The summed E-state index contributed by atoms with van der Waals surface area (Å²) in [6.45, 7) is 3.34. The number of halogens is 3. The van der Waals surface area contributed by atoms with Crippen LogP contribution in [0.4, 0.5) is 13.2 Å². The molecule has 2 N–H and O–H groups in total. The number of alkyl halides is 3. The molecular formula is C30H38F3N5O3. The third-order valence-electron chi connectivity index (χ3n) is 9.37. The summed E-state index contributed by atoms with van der Waals surface area (Å²) in [6, 6.07) is 5.87. The topological polar surface area (TPSA) is 90.7 Å². The van der Waals surface area contributed by atoms with Crippen LogP contribution >= 0.6 is 0 Å². The molecule has 2 aliphatic carbocycles. The number of benzene rings is 1. The average Bonchev–Trinajstić information content (AvgIpc) is 3.87. The van der Waals surface area contributed by atoms with Crippen LogP contribution in [0.1, 0.15) is 90.0 Å². The molecule has 2 saturated carbocycles. The number of amides is 2. The number of piperidine rings is 1. The molecule has 2 aromatic rings. The predicted molar refractivity (Wildman–Crippen MR) is 145 cm³/mol. The van der Waals surface area contributed by atoms with Gasteiger partial charge >= 0.3 is 6.18 Å². The Kier molecular flexibility index (Phi) is 7.61. The SMILES string of the molecule is O=C(c1cnn(C2CCN(CC3(C(=O)NCCO)CC3)CC2)c1C1CC1)N1CC[C@@H](c2ccccc2C(F)(F)F)C1. The maximum atomic E-state index is 13.7. The van der Waals surface area contributed by atoms with E-state index >= 15 is 0 Å². The Morgan fingerprint density at radius 2 is 1.76 bits per heavy atom.